The summed E-state index contributed by atoms with van der Waals surface area (Å²) in [5.74, 6) is 0.665. The number of nitrogens with zero attached hydrogens (tertiary/aromatic N) is 1. The van der Waals surface area contributed by atoms with E-state index in [0.29, 0.717) is 24.4 Å². The largest absolute Gasteiger partial charge is 0.466 e. The molecule has 1 aliphatic rings. The van der Waals surface area contributed by atoms with Crippen LogP contribution >= 0.6 is 10.8 Å². The van der Waals surface area contributed by atoms with E-state index in [4.69, 9.17) is 4.74 Å². The minimum atomic E-state index is -3.13. The van der Waals surface area contributed by atoms with E-state index in [1.807, 2.05) is 61.6 Å². The molecule has 1 atom stereocenters. The van der Waals surface area contributed by atoms with Crippen LogP contribution in [-0.2, 0) is 0 Å². The van der Waals surface area contributed by atoms with Crippen molar-refractivity contribution in [2.75, 3.05) is 17.9 Å². The molecule has 1 aliphatic heterocycles. The first-order valence-electron chi connectivity index (χ1n) is 7.17. The van der Waals surface area contributed by atoms with Crippen LogP contribution in [0.3, 0.4) is 0 Å². The predicted octanol–water partition coefficient (Wildman–Crippen LogP) is 3.82. The second-order valence-corrected chi connectivity index (χ2v) is 7.11. The summed E-state index contributed by atoms with van der Waals surface area (Å²) in [6.45, 7) is 0.644. The lowest BCUT2D eigenvalue weighted by atomic mass is 10.2. The van der Waals surface area contributed by atoms with Crippen molar-refractivity contribution < 1.29 is 13.8 Å². The van der Waals surface area contributed by atoms with Gasteiger partial charge in [0.05, 0.1) is 5.69 Å². The Balaban J connectivity index is 2.07. The second kappa shape index (κ2) is 6.18. The number of ether oxygens (including phenoxy) is 1. The average molecular weight is 320 g/mol. The van der Waals surface area contributed by atoms with Crippen molar-refractivity contribution >= 4 is 22.2 Å². The molecule has 0 saturated carbocycles. The van der Waals surface area contributed by atoms with Gasteiger partial charge in [0, 0.05) is 13.0 Å². The van der Waals surface area contributed by atoms with E-state index in [1.165, 1.54) is 0 Å². The maximum absolute atomic E-state index is 10.8. The van der Waals surface area contributed by atoms with Crippen LogP contribution in [0.1, 0.15) is 6.42 Å². The number of anilines is 2. The summed E-state index contributed by atoms with van der Waals surface area (Å²) in [4.78, 5) is 0. The van der Waals surface area contributed by atoms with Gasteiger partial charge in [-0.3, -0.25) is 9.11 Å². The lowest BCUT2D eigenvalue weighted by Crippen LogP contribution is -2.40. The fourth-order valence-electron chi connectivity index (χ4n) is 2.53. The molecule has 2 aromatic rings. The zero-order valence-corrected chi connectivity index (χ0v) is 13.2. The zero-order valence-electron chi connectivity index (χ0n) is 12.3. The van der Waals surface area contributed by atoms with Gasteiger partial charge in [0.1, 0.15) is 11.4 Å². The van der Waals surface area contributed by atoms with Gasteiger partial charge < -0.3 is 10.1 Å². The van der Waals surface area contributed by atoms with Gasteiger partial charge in [-0.25, -0.2) is 4.31 Å². The van der Waals surface area contributed by atoms with E-state index in [0.717, 1.165) is 5.69 Å². The summed E-state index contributed by atoms with van der Waals surface area (Å²) < 4.78 is 29.1. The fraction of sp³-hybridized carbons (Fsp3) is 0.250. The van der Waals surface area contributed by atoms with Crippen LogP contribution in [0.4, 0.5) is 11.4 Å². The molecule has 0 spiro atoms. The molecule has 2 aromatic carbocycles. The molecule has 0 fully saturated rings. The van der Waals surface area contributed by atoms with Crippen molar-refractivity contribution in [3.63, 3.8) is 0 Å². The van der Waals surface area contributed by atoms with Crippen LogP contribution in [0.15, 0.2) is 54.6 Å². The number of hydrogen-bond acceptors (Lipinski definition) is 5. The zero-order chi connectivity index (χ0) is 15.6. The lowest BCUT2D eigenvalue weighted by molar-refractivity contribution is 0.238. The van der Waals surface area contributed by atoms with E-state index >= 15 is 0 Å². The van der Waals surface area contributed by atoms with Crippen LogP contribution in [0, 0.1) is 0 Å². The number of nitrogens with one attached hydrogen (secondary N) is 1. The Morgan fingerprint density at radius 3 is 2.50 bits per heavy atom. The highest BCUT2D eigenvalue weighted by atomic mass is 32.3. The van der Waals surface area contributed by atoms with Crippen molar-refractivity contribution in [1.82, 2.24) is 5.32 Å². The Morgan fingerprint density at radius 2 is 1.77 bits per heavy atom. The number of para-hydroxylation sites is 3. The van der Waals surface area contributed by atoms with Crippen molar-refractivity contribution in [2.45, 2.75) is 11.9 Å². The molecule has 3 rings (SSSR count). The molecular formula is C16H20N2O3S. The molecule has 0 bridgehead atoms. The van der Waals surface area contributed by atoms with Gasteiger partial charge in [-0.1, -0.05) is 41.1 Å². The van der Waals surface area contributed by atoms with Crippen LogP contribution in [-0.4, -0.2) is 28.1 Å². The van der Waals surface area contributed by atoms with Gasteiger partial charge in [0.25, 0.3) is 0 Å². The molecule has 118 valence electrons. The Bertz CT molecular complexity index is 636. The molecule has 5 nitrogen and oxygen atoms in total. The standard InChI is InChI=1S/C16H20N2O3S/c1-17-12-11-16-21-15-10-6-5-9-14(15)18(22(16,19)20)13-7-3-2-4-8-13/h2-10,16-17,19-20H,11-12H2,1H3. The maximum Gasteiger partial charge on any atom is 0.207 e. The minimum Gasteiger partial charge on any atom is -0.466 e. The molecule has 22 heavy (non-hydrogen) atoms. The quantitative estimate of drug-likeness (QED) is 0.799. The van der Waals surface area contributed by atoms with Crippen LogP contribution in [0.5, 0.6) is 5.75 Å². The van der Waals surface area contributed by atoms with Crippen molar-refractivity contribution in [3.05, 3.63) is 54.6 Å². The highest BCUT2D eigenvalue weighted by molar-refractivity contribution is 8.26. The Hall–Kier alpha value is -1.73. The van der Waals surface area contributed by atoms with E-state index in [1.54, 1.807) is 4.31 Å². The van der Waals surface area contributed by atoms with Gasteiger partial charge in [0.2, 0.25) is 5.44 Å². The topological polar surface area (TPSA) is 65.0 Å². The Morgan fingerprint density at radius 1 is 1.09 bits per heavy atom. The molecular weight excluding hydrogens is 300 g/mol. The van der Waals surface area contributed by atoms with Gasteiger partial charge in [-0.05, 0) is 31.3 Å². The predicted molar refractivity (Wildman–Crippen MR) is 90.8 cm³/mol. The number of hydrogen-bond donors (Lipinski definition) is 3. The maximum atomic E-state index is 10.8. The van der Waals surface area contributed by atoms with Gasteiger partial charge in [0.15, 0.2) is 0 Å². The molecule has 0 aliphatic carbocycles. The summed E-state index contributed by atoms with van der Waals surface area (Å²) in [5, 5.41) is 3.02. The van der Waals surface area contributed by atoms with Crippen molar-refractivity contribution in [3.8, 4) is 5.75 Å². The first-order valence-corrected chi connectivity index (χ1v) is 8.74. The van der Waals surface area contributed by atoms with Crippen molar-refractivity contribution in [1.29, 1.82) is 0 Å². The average Bonchev–Trinajstić information content (AvgIpc) is 2.53. The van der Waals surface area contributed by atoms with Gasteiger partial charge in [-0.2, -0.15) is 0 Å². The van der Waals surface area contributed by atoms with Gasteiger partial charge in [-0.15, -0.1) is 0 Å². The summed E-state index contributed by atoms with van der Waals surface area (Å²) >= 11 is 0. The summed E-state index contributed by atoms with van der Waals surface area (Å²) in [7, 11) is -1.30. The first kappa shape index (κ1) is 15.2. The highest BCUT2D eigenvalue weighted by Gasteiger charge is 2.40. The third-order valence-corrected chi connectivity index (χ3v) is 5.57. The summed E-state index contributed by atoms with van der Waals surface area (Å²) in [6.07, 6.45) is 0.510. The molecule has 1 unspecified atom stereocenters. The van der Waals surface area contributed by atoms with Gasteiger partial charge >= 0.3 is 0 Å². The van der Waals surface area contributed by atoms with E-state index in [2.05, 4.69) is 5.32 Å². The van der Waals surface area contributed by atoms with E-state index in [9.17, 15) is 9.11 Å². The fourth-order valence-corrected chi connectivity index (χ4v) is 4.30. The van der Waals surface area contributed by atoms with Crippen LogP contribution < -0.4 is 14.4 Å². The van der Waals surface area contributed by atoms with Crippen LogP contribution in [0.2, 0.25) is 0 Å². The normalized spacial score (nSPS) is 20.9. The van der Waals surface area contributed by atoms with Crippen LogP contribution in [0.25, 0.3) is 0 Å². The summed E-state index contributed by atoms with van der Waals surface area (Å²) in [6, 6.07) is 16.8. The SMILES string of the molecule is CNCCC1Oc2ccccc2N(c2ccccc2)S1(O)O. The Kier molecular flexibility index (Phi) is 4.26. The number of rotatable bonds is 4. The van der Waals surface area contributed by atoms with Crippen molar-refractivity contribution in [2.24, 2.45) is 0 Å². The molecule has 1 heterocycles. The second-order valence-electron chi connectivity index (χ2n) is 5.10. The molecule has 3 N–H and O–H groups in total. The summed E-state index contributed by atoms with van der Waals surface area (Å²) in [5.41, 5.74) is 0.747. The Labute approximate surface area is 132 Å². The highest BCUT2D eigenvalue weighted by Crippen LogP contribution is 2.61. The van der Waals surface area contributed by atoms with E-state index < -0.39 is 16.2 Å². The molecule has 0 aromatic heterocycles. The lowest BCUT2D eigenvalue weighted by Gasteiger charge is -2.51. The molecule has 6 heteroatoms. The molecule has 0 radical (unpaired) electrons. The third kappa shape index (κ3) is 2.66. The third-order valence-electron chi connectivity index (χ3n) is 3.58. The molecule has 0 saturated heterocycles. The number of benzene rings is 2. The minimum absolute atomic E-state index is 0.510. The monoisotopic (exact) mass is 320 g/mol. The first-order chi connectivity index (χ1) is 10.6. The molecule has 0 amide bonds. The smallest absolute Gasteiger partial charge is 0.207 e. The number of fused-ring (bicyclic) bond motifs is 1. The van der Waals surface area contributed by atoms with E-state index in [-0.39, 0.29) is 0 Å².